The van der Waals surface area contributed by atoms with E-state index >= 15 is 0 Å². The van der Waals surface area contributed by atoms with Gasteiger partial charge in [0.1, 0.15) is 12.4 Å². The highest BCUT2D eigenvalue weighted by Gasteiger charge is 2.23. The van der Waals surface area contributed by atoms with Crippen LogP contribution < -0.4 is 15.0 Å². The Morgan fingerprint density at radius 3 is 2.68 bits per heavy atom. The molecule has 1 heterocycles. The predicted molar refractivity (Wildman–Crippen MR) is 89.0 cm³/mol. The molecule has 0 atom stereocenters. The molecule has 1 N–H and O–H groups in total. The number of benzene rings is 2. The molecule has 0 fully saturated rings. The lowest BCUT2D eigenvalue weighted by molar-refractivity contribution is 0.250. The van der Waals surface area contributed by atoms with E-state index in [1.54, 1.807) is 4.90 Å². The third-order valence-corrected chi connectivity index (χ3v) is 3.98. The van der Waals surface area contributed by atoms with Gasteiger partial charge in [0.15, 0.2) is 0 Å². The van der Waals surface area contributed by atoms with Gasteiger partial charge in [0.05, 0.1) is 12.2 Å². The van der Waals surface area contributed by atoms with E-state index in [4.69, 9.17) is 4.74 Å². The smallest absolute Gasteiger partial charge is 0.326 e. The third-order valence-electron chi connectivity index (χ3n) is 3.98. The fourth-order valence-corrected chi connectivity index (χ4v) is 2.55. The van der Waals surface area contributed by atoms with E-state index in [1.165, 1.54) is 5.56 Å². The molecule has 0 saturated heterocycles. The van der Waals surface area contributed by atoms with Crippen molar-refractivity contribution < 1.29 is 9.53 Å². The molecule has 1 aliphatic heterocycles. The monoisotopic (exact) mass is 296 g/mol. The molecule has 114 valence electrons. The van der Waals surface area contributed by atoms with Gasteiger partial charge < -0.3 is 10.1 Å². The number of hydrogen-bond donors (Lipinski definition) is 1. The van der Waals surface area contributed by atoms with Crippen molar-refractivity contribution >= 4 is 17.4 Å². The van der Waals surface area contributed by atoms with Crippen LogP contribution in [0.25, 0.3) is 0 Å². The molecule has 4 nitrogen and oxygen atoms in total. The van der Waals surface area contributed by atoms with Crippen molar-refractivity contribution in [3.8, 4) is 5.75 Å². The molecule has 2 aromatic rings. The van der Waals surface area contributed by atoms with Gasteiger partial charge in [-0.1, -0.05) is 12.1 Å². The van der Waals surface area contributed by atoms with Crippen LogP contribution in [0.15, 0.2) is 36.4 Å². The summed E-state index contributed by atoms with van der Waals surface area (Å²) >= 11 is 0. The number of amides is 2. The van der Waals surface area contributed by atoms with Crippen LogP contribution in [0.5, 0.6) is 5.75 Å². The quantitative estimate of drug-likeness (QED) is 0.862. The molecule has 0 unspecified atom stereocenters. The van der Waals surface area contributed by atoms with E-state index in [1.807, 2.05) is 50.2 Å². The van der Waals surface area contributed by atoms with E-state index in [-0.39, 0.29) is 6.03 Å². The topological polar surface area (TPSA) is 41.6 Å². The fourth-order valence-electron chi connectivity index (χ4n) is 2.55. The lowest BCUT2D eigenvalue weighted by Gasteiger charge is -2.30. The van der Waals surface area contributed by atoms with Gasteiger partial charge in [0.25, 0.3) is 0 Å². The Kier molecular flexibility index (Phi) is 3.75. The van der Waals surface area contributed by atoms with E-state index in [0.29, 0.717) is 13.2 Å². The van der Waals surface area contributed by atoms with Gasteiger partial charge in [0.2, 0.25) is 0 Å². The van der Waals surface area contributed by atoms with E-state index < -0.39 is 0 Å². The summed E-state index contributed by atoms with van der Waals surface area (Å²) in [6.07, 6.45) is 0. The van der Waals surface area contributed by atoms with Crippen LogP contribution in [0.1, 0.15) is 16.7 Å². The summed E-state index contributed by atoms with van der Waals surface area (Å²) in [7, 11) is 0. The predicted octanol–water partition coefficient (Wildman–Crippen LogP) is 4.04. The van der Waals surface area contributed by atoms with Crippen LogP contribution in [0, 0.1) is 20.8 Å². The highest BCUT2D eigenvalue weighted by Crippen LogP contribution is 2.32. The van der Waals surface area contributed by atoms with Crippen molar-refractivity contribution in [2.24, 2.45) is 0 Å². The molecule has 1 aliphatic rings. The summed E-state index contributed by atoms with van der Waals surface area (Å²) in [6.45, 7) is 7.16. The molecule has 0 aliphatic carbocycles. The highest BCUT2D eigenvalue weighted by atomic mass is 16.5. The molecular formula is C18H20N2O2. The zero-order valence-corrected chi connectivity index (χ0v) is 13.1. The first-order chi connectivity index (χ1) is 10.5. The van der Waals surface area contributed by atoms with Crippen LogP contribution in [0.4, 0.5) is 16.2 Å². The molecule has 2 amide bonds. The molecule has 0 spiro atoms. The van der Waals surface area contributed by atoms with Crippen molar-refractivity contribution in [1.82, 2.24) is 0 Å². The number of hydrogen-bond acceptors (Lipinski definition) is 2. The number of nitrogens with zero attached hydrogens (tertiary/aromatic N) is 1. The minimum absolute atomic E-state index is 0.126. The molecule has 0 bridgehead atoms. The van der Waals surface area contributed by atoms with Gasteiger partial charge in [-0.2, -0.15) is 0 Å². The lowest BCUT2D eigenvalue weighted by atomic mass is 10.1. The van der Waals surface area contributed by atoms with Crippen LogP contribution in [-0.2, 0) is 0 Å². The maximum absolute atomic E-state index is 12.6. The number of fused-ring (bicyclic) bond motifs is 1. The zero-order chi connectivity index (χ0) is 15.7. The van der Waals surface area contributed by atoms with Crippen LogP contribution in [-0.4, -0.2) is 19.2 Å². The summed E-state index contributed by atoms with van der Waals surface area (Å²) in [6, 6.07) is 11.7. The number of nitrogens with one attached hydrogen (secondary N) is 1. The van der Waals surface area contributed by atoms with Crippen molar-refractivity contribution in [2.45, 2.75) is 20.8 Å². The summed E-state index contributed by atoms with van der Waals surface area (Å²) in [5.74, 6) is 0.757. The first kappa shape index (κ1) is 14.4. The minimum Gasteiger partial charge on any atom is -0.490 e. The molecule has 22 heavy (non-hydrogen) atoms. The van der Waals surface area contributed by atoms with E-state index in [9.17, 15) is 4.79 Å². The van der Waals surface area contributed by atoms with Crippen molar-refractivity contribution in [3.63, 3.8) is 0 Å². The van der Waals surface area contributed by atoms with Gasteiger partial charge in [-0.05, 0) is 61.7 Å². The van der Waals surface area contributed by atoms with Crippen LogP contribution >= 0.6 is 0 Å². The zero-order valence-electron chi connectivity index (χ0n) is 13.1. The number of anilines is 2. The Morgan fingerprint density at radius 2 is 1.91 bits per heavy atom. The maximum Gasteiger partial charge on any atom is 0.326 e. The van der Waals surface area contributed by atoms with Crippen LogP contribution in [0.3, 0.4) is 0 Å². The first-order valence-corrected chi connectivity index (χ1v) is 7.44. The lowest BCUT2D eigenvalue weighted by Crippen LogP contribution is -2.40. The summed E-state index contributed by atoms with van der Waals surface area (Å²) in [5, 5.41) is 2.97. The summed E-state index contributed by atoms with van der Waals surface area (Å²) in [4.78, 5) is 14.3. The van der Waals surface area contributed by atoms with Gasteiger partial charge >= 0.3 is 6.03 Å². The second kappa shape index (κ2) is 5.72. The third kappa shape index (κ3) is 2.77. The second-order valence-electron chi connectivity index (χ2n) is 5.70. The Bertz CT molecular complexity index is 725. The Hall–Kier alpha value is -2.49. The largest absolute Gasteiger partial charge is 0.490 e. The second-order valence-corrected chi connectivity index (χ2v) is 5.70. The number of aryl methyl sites for hydroxylation is 3. The van der Waals surface area contributed by atoms with Crippen molar-refractivity contribution in [1.29, 1.82) is 0 Å². The number of carbonyl (C=O) groups is 1. The van der Waals surface area contributed by atoms with Crippen LogP contribution in [0.2, 0.25) is 0 Å². The Labute approximate surface area is 130 Å². The highest BCUT2D eigenvalue weighted by molar-refractivity contribution is 6.03. The first-order valence-electron chi connectivity index (χ1n) is 7.44. The summed E-state index contributed by atoms with van der Waals surface area (Å²) < 4.78 is 5.62. The summed E-state index contributed by atoms with van der Waals surface area (Å²) in [5.41, 5.74) is 5.12. The molecule has 2 aromatic carbocycles. The normalized spacial score (nSPS) is 13.3. The number of rotatable bonds is 1. The molecular weight excluding hydrogens is 276 g/mol. The Balaban J connectivity index is 1.84. The molecule has 0 radical (unpaired) electrons. The minimum atomic E-state index is -0.126. The number of ether oxygens (including phenoxy) is 1. The molecule has 0 aromatic heterocycles. The molecule has 4 heteroatoms. The van der Waals surface area contributed by atoms with Crippen molar-refractivity contribution in [2.75, 3.05) is 23.4 Å². The fraction of sp³-hybridized carbons (Fsp3) is 0.278. The SMILES string of the molecule is Cc1ccc2c(c1)N(C(=O)Nc1ccc(C)c(C)c1)CCO2. The van der Waals surface area contributed by atoms with E-state index in [0.717, 1.165) is 28.3 Å². The average Bonchev–Trinajstić information content (AvgIpc) is 2.50. The Morgan fingerprint density at radius 1 is 1.09 bits per heavy atom. The van der Waals surface area contributed by atoms with Crippen molar-refractivity contribution in [3.05, 3.63) is 53.1 Å². The maximum atomic E-state index is 12.6. The van der Waals surface area contributed by atoms with Gasteiger partial charge in [-0.3, -0.25) is 4.90 Å². The number of urea groups is 1. The van der Waals surface area contributed by atoms with Gasteiger partial charge in [-0.15, -0.1) is 0 Å². The van der Waals surface area contributed by atoms with E-state index in [2.05, 4.69) is 12.2 Å². The molecule has 3 rings (SSSR count). The average molecular weight is 296 g/mol. The van der Waals surface area contributed by atoms with Gasteiger partial charge in [0, 0.05) is 5.69 Å². The standard InChI is InChI=1S/C18H20N2O2/c1-12-4-7-17-16(10-12)20(8-9-22-17)18(21)19-15-6-5-13(2)14(3)11-15/h4-7,10-11H,8-9H2,1-3H3,(H,19,21). The van der Waals surface area contributed by atoms with Gasteiger partial charge in [-0.25, -0.2) is 4.79 Å². The number of carbonyl (C=O) groups excluding carboxylic acids is 1. The molecule has 0 saturated carbocycles.